The van der Waals surface area contributed by atoms with E-state index < -0.39 is 5.41 Å². The van der Waals surface area contributed by atoms with Crippen molar-refractivity contribution in [3.8, 4) is 0 Å². The van der Waals surface area contributed by atoms with Crippen LogP contribution >= 0.6 is 0 Å². The Hall–Kier alpha value is -1.46. The third-order valence-electron chi connectivity index (χ3n) is 4.32. The smallest absolute Gasteiger partial charge is 0.330 e. The molecule has 0 atom stereocenters. The Balaban J connectivity index is 1.92. The van der Waals surface area contributed by atoms with Crippen LogP contribution < -0.4 is 5.73 Å². The maximum Gasteiger partial charge on any atom is 0.330 e. The molecule has 0 amide bonds. The highest BCUT2D eigenvalue weighted by molar-refractivity contribution is 5.75. The van der Waals surface area contributed by atoms with Gasteiger partial charge in [0.05, 0.1) is 5.41 Å². The predicted octanol–water partition coefficient (Wildman–Crippen LogP) is 2.17. The van der Waals surface area contributed by atoms with Crippen LogP contribution in [0.4, 0.5) is 0 Å². The van der Waals surface area contributed by atoms with Crippen LogP contribution in [0.15, 0.2) is 24.4 Å². The molecule has 0 aromatic carbocycles. The van der Waals surface area contributed by atoms with Crippen molar-refractivity contribution >= 4 is 5.97 Å². The second-order valence-electron chi connectivity index (χ2n) is 7.26. The van der Waals surface area contributed by atoms with E-state index in [4.69, 9.17) is 10.6 Å². The van der Waals surface area contributed by atoms with Gasteiger partial charge >= 0.3 is 5.97 Å². The van der Waals surface area contributed by atoms with Crippen LogP contribution in [-0.2, 0) is 16.1 Å². The number of hydrogen-bond acceptors (Lipinski definition) is 5. The first-order chi connectivity index (χ1) is 10.3. The summed E-state index contributed by atoms with van der Waals surface area (Å²) in [6.45, 7) is 7.68. The fraction of sp³-hybridized carbons (Fsp3) is 0.647. The van der Waals surface area contributed by atoms with Gasteiger partial charge in [0.15, 0.2) is 0 Å². The lowest BCUT2D eigenvalue weighted by Gasteiger charge is -2.40. The fourth-order valence-electron chi connectivity index (χ4n) is 2.65. The van der Waals surface area contributed by atoms with E-state index in [9.17, 15) is 4.79 Å². The van der Waals surface area contributed by atoms with Crippen LogP contribution in [0.25, 0.3) is 0 Å². The number of aromatic nitrogens is 1. The minimum Gasteiger partial charge on any atom is -0.367 e. The van der Waals surface area contributed by atoms with E-state index in [1.807, 2.05) is 45.2 Å². The number of carbonyl (C=O) groups excluding carboxylic acids is 1. The van der Waals surface area contributed by atoms with Crippen molar-refractivity contribution in [2.75, 3.05) is 19.6 Å². The Morgan fingerprint density at radius 3 is 2.55 bits per heavy atom. The average molecular weight is 305 g/mol. The van der Waals surface area contributed by atoms with E-state index in [1.165, 1.54) is 0 Å². The molecule has 1 fully saturated rings. The quantitative estimate of drug-likeness (QED) is 0.923. The number of nitrogens with two attached hydrogens (primary N) is 1. The van der Waals surface area contributed by atoms with Gasteiger partial charge in [0.25, 0.3) is 0 Å². The Morgan fingerprint density at radius 2 is 2.05 bits per heavy atom. The SMILES string of the molecule is CC(C)(C)C(=O)ON1CCC(CN)(Cc2ccccn2)CC1. The molecule has 5 nitrogen and oxygen atoms in total. The molecule has 0 spiro atoms. The Bertz CT molecular complexity index is 488. The lowest BCUT2D eigenvalue weighted by molar-refractivity contribution is -0.209. The molecule has 1 aliphatic rings. The standard InChI is InChI=1S/C17H27N3O2/c1-16(2,3)15(21)22-20-10-7-17(13-18,8-11-20)12-14-6-4-5-9-19-14/h4-6,9H,7-8,10-13,18H2,1-3H3. The predicted molar refractivity (Wildman–Crippen MR) is 85.8 cm³/mol. The third-order valence-corrected chi connectivity index (χ3v) is 4.32. The van der Waals surface area contributed by atoms with E-state index in [-0.39, 0.29) is 11.4 Å². The van der Waals surface area contributed by atoms with Crippen molar-refractivity contribution in [1.29, 1.82) is 0 Å². The summed E-state index contributed by atoms with van der Waals surface area (Å²) < 4.78 is 0. The molecule has 22 heavy (non-hydrogen) atoms. The average Bonchev–Trinajstić information content (AvgIpc) is 2.49. The van der Waals surface area contributed by atoms with Crippen LogP contribution in [0.1, 0.15) is 39.3 Å². The summed E-state index contributed by atoms with van der Waals surface area (Å²) in [4.78, 5) is 21.8. The second-order valence-corrected chi connectivity index (χ2v) is 7.26. The molecule has 0 bridgehead atoms. The first kappa shape index (κ1) is 16.9. The Kier molecular flexibility index (Phi) is 5.19. The van der Waals surface area contributed by atoms with E-state index in [0.717, 1.165) is 38.0 Å². The van der Waals surface area contributed by atoms with Gasteiger partial charge in [0, 0.05) is 25.0 Å². The normalized spacial score (nSPS) is 18.9. The Labute approximate surface area is 132 Å². The highest BCUT2D eigenvalue weighted by atomic mass is 16.7. The van der Waals surface area contributed by atoms with Crippen molar-refractivity contribution in [1.82, 2.24) is 10.0 Å². The molecule has 1 aliphatic heterocycles. The molecule has 0 unspecified atom stereocenters. The molecular formula is C17H27N3O2. The number of rotatable bonds is 4. The van der Waals surface area contributed by atoms with Gasteiger partial charge in [0.2, 0.25) is 0 Å². The number of nitrogens with zero attached hydrogens (tertiary/aromatic N) is 2. The zero-order chi connectivity index (χ0) is 16.2. The summed E-state index contributed by atoms with van der Waals surface area (Å²) in [5, 5.41) is 1.78. The number of hydrogen-bond donors (Lipinski definition) is 1. The first-order valence-corrected chi connectivity index (χ1v) is 7.92. The van der Waals surface area contributed by atoms with Crippen molar-refractivity contribution < 1.29 is 9.63 Å². The zero-order valence-electron chi connectivity index (χ0n) is 13.8. The molecule has 2 N–H and O–H groups in total. The van der Waals surface area contributed by atoms with E-state index >= 15 is 0 Å². The van der Waals surface area contributed by atoms with Crippen LogP contribution in [0.2, 0.25) is 0 Å². The summed E-state index contributed by atoms with van der Waals surface area (Å²) in [6, 6.07) is 5.98. The Morgan fingerprint density at radius 1 is 1.36 bits per heavy atom. The molecule has 0 saturated carbocycles. The third kappa shape index (κ3) is 4.27. The van der Waals surface area contributed by atoms with Gasteiger partial charge in [-0.3, -0.25) is 4.98 Å². The van der Waals surface area contributed by atoms with Gasteiger partial charge < -0.3 is 10.6 Å². The summed E-state index contributed by atoms with van der Waals surface area (Å²) >= 11 is 0. The molecule has 0 radical (unpaired) electrons. The molecule has 5 heteroatoms. The van der Waals surface area contributed by atoms with Crippen LogP contribution in [0, 0.1) is 10.8 Å². The van der Waals surface area contributed by atoms with Crippen molar-refractivity contribution in [3.63, 3.8) is 0 Å². The maximum atomic E-state index is 12.0. The minimum absolute atomic E-state index is 0.0546. The monoisotopic (exact) mass is 305 g/mol. The second kappa shape index (κ2) is 6.75. The highest BCUT2D eigenvalue weighted by Gasteiger charge is 2.36. The molecule has 0 aliphatic carbocycles. The summed E-state index contributed by atoms with van der Waals surface area (Å²) in [5.41, 5.74) is 6.70. The van der Waals surface area contributed by atoms with E-state index in [0.29, 0.717) is 6.54 Å². The zero-order valence-corrected chi connectivity index (χ0v) is 13.8. The van der Waals surface area contributed by atoms with Gasteiger partial charge in [-0.1, -0.05) is 6.07 Å². The van der Waals surface area contributed by atoms with Gasteiger partial charge in [-0.05, 0) is 64.1 Å². The largest absolute Gasteiger partial charge is 0.367 e. The van der Waals surface area contributed by atoms with Crippen LogP contribution in [0.3, 0.4) is 0 Å². The lowest BCUT2D eigenvalue weighted by atomic mass is 9.75. The molecule has 2 heterocycles. The van der Waals surface area contributed by atoms with Crippen LogP contribution in [0.5, 0.6) is 0 Å². The summed E-state index contributed by atoms with van der Waals surface area (Å²) in [7, 11) is 0. The van der Waals surface area contributed by atoms with Crippen LogP contribution in [-0.4, -0.2) is 35.7 Å². The van der Waals surface area contributed by atoms with Gasteiger partial charge in [-0.15, -0.1) is 5.06 Å². The minimum atomic E-state index is -0.476. The number of hydroxylamine groups is 2. The van der Waals surface area contributed by atoms with E-state index in [2.05, 4.69) is 4.98 Å². The van der Waals surface area contributed by atoms with Crippen molar-refractivity contribution in [2.24, 2.45) is 16.6 Å². The highest BCUT2D eigenvalue weighted by Crippen LogP contribution is 2.34. The topological polar surface area (TPSA) is 68.5 Å². The fourth-order valence-corrected chi connectivity index (χ4v) is 2.65. The summed E-state index contributed by atoms with van der Waals surface area (Å²) in [6.07, 6.45) is 4.53. The number of carbonyl (C=O) groups is 1. The molecule has 2 rings (SSSR count). The molecule has 1 aromatic heterocycles. The van der Waals surface area contributed by atoms with Crippen molar-refractivity contribution in [2.45, 2.75) is 40.0 Å². The van der Waals surface area contributed by atoms with E-state index in [1.54, 1.807) is 5.06 Å². The first-order valence-electron chi connectivity index (χ1n) is 7.92. The molecule has 1 saturated heterocycles. The van der Waals surface area contributed by atoms with Gasteiger partial charge in [-0.2, -0.15) is 0 Å². The number of pyridine rings is 1. The van der Waals surface area contributed by atoms with Gasteiger partial charge in [-0.25, -0.2) is 4.79 Å². The molecule has 122 valence electrons. The maximum absolute atomic E-state index is 12.0. The molecule has 1 aromatic rings. The lowest BCUT2D eigenvalue weighted by Crippen LogP contribution is -2.46. The van der Waals surface area contributed by atoms with Crippen molar-refractivity contribution in [3.05, 3.63) is 30.1 Å². The van der Waals surface area contributed by atoms with Gasteiger partial charge in [0.1, 0.15) is 0 Å². The number of piperidine rings is 1. The summed E-state index contributed by atoms with van der Waals surface area (Å²) in [5.74, 6) is -0.183. The molecular weight excluding hydrogens is 278 g/mol.